The van der Waals surface area contributed by atoms with Gasteiger partial charge in [0.2, 0.25) is 5.78 Å². The minimum Gasteiger partial charge on any atom is -0.478 e. The Labute approximate surface area is 120 Å². The van der Waals surface area contributed by atoms with Crippen molar-refractivity contribution in [1.82, 2.24) is 4.98 Å². The van der Waals surface area contributed by atoms with Gasteiger partial charge >= 0.3 is 11.9 Å². The topological polar surface area (TPSA) is 93.6 Å². The largest absolute Gasteiger partial charge is 0.478 e. The van der Waals surface area contributed by atoms with Crippen LogP contribution in [0.5, 0.6) is 0 Å². The van der Waals surface area contributed by atoms with Gasteiger partial charge in [0.15, 0.2) is 0 Å². The summed E-state index contributed by atoms with van der Waals surface area (Å²) in [7, 11) is 1.26. The summed E-state index contributed by atoms with van der Waals surface area (Å²) >= 11 is 0. The van der Waals surface area contributed by atoms with Gasteiger partial charge in [-0.15, -0.1) is 0 Å². The van der Waals surface area contributed by atoms with Crippen molar-refractivity contribution in [3.8, 4) is 0 Å². The van der Waals surface area contributed by atoms with Crippen molar-refractivity contribution in [3.05, 3.63) is 65.0 Å². The first-order valence-corrected chi connectivity index (χ1v) is 5.96. The van der Waals surface area contributed by atoms with Crippen LogP contribution in [0.4, 0.5) is 0 Å². The summed E-state index contributed by atoms with van der Waals surface area (Å²) in [5.74, 6) is -2.26. The van der Waals surface area contributed by atoms with E-state index in [9.17, 15) is 14.4 Å². The van der Waals surface area contributed by atoms with Gasteiger partial charge in [0, 0.05) is 11.8 Å². The van der Waals surface area contributed by atoms with Crippen LogP contribution in [0.3, 0.4) is 0 Å². The predicted octanol–water partition coefficient (Wildman–Crippen LogP) is 1.80. The predicted molar refractivity (Wildman–Crippen MR) is 72.4 cm³/mol. The van der Waals surface area contributed by atoms with Gasteiger partial charge < -0.3 is 9.84 Å². The van der Waals surface area contributed by atoms with Crippen molar-refractivity contribution in [2.45, 2.75) is 0 Å². The van der Waals surface area contributed by atoms with Crippen molar-refractivity contribution < 1.29 is 24.2 Å². The fourth-order valence-corrected chi connectivity index (χ4v) is 1.77. The normalized spacial score (nSPS) is 9.95. The number of nitrogens with zero attached hydrogens (tertiary/aromatic N) is 1. The molecule has 1 aromatic carbocycles. The monoisotopic (exact) mass is 285 g/mol. The van der Waals surface area contributed by atoms with Crippen LogP contribution in [-0.4, -0.2) is 34.9 Å². The molecule has 0 fully saturated rings. The first-order chi connectivity index (χ1) is 10.0. The smallest absolute Gasteiger partial charge is 0.338 e. The second-order valence-electron chi connectivity index (χ2n) is 4.10. The second-order valence-corrected chi connectivity index (χ2v) is 4.10. The van der Waals surface area contributed by atoms with Gasteiger partial charge in [0.05, 0.1) is 18.2 Å². The van der Waals surface area contributed by atoms with E-state index < -0.39 is 17.7 Å². The molecule has 0 saturated carbocycles. The number of esters is 1. The van der Waals surface area contributed by atoms with Crippen molar-refractivity contribution in [2.75, 3.05) is 7.11 Å². The van der Waals surface area contributed by atoms with Gasteiger partial charge in [-0.3, -0.25) is 9.78 Å². The van der Waals surface area contributed by atoms with Crippen LogP contribution in [0.15, 0.2) is 42.6 Å². The lowest BCUT2D eigenvalue weighted by Gasteiger charge is -2.05. The van der Waals surface area contributed by atoms with E-state index in [0.717, 1.165) is 0 Å². The second kappa shape index (κ2) is 5.96. The Kier molecular flexibility index (Phi) is 4.08. The van der Waals surface area contributed by atoms with Crippen molar-refractivity contribution in [1.29, 1.82) is 0 Å². The number of carboxylic acids is 1. The van der Waals surface area contributed by atoms with Crippen LogP contribution in [0, 0.1) is 0 Å². The zero-order chi connectivity index (χ0) is 15.4. The number of benzene rings is 1. The Bertz CT molecular complexity index is 706. The molecule has 0 saturated heterocycles. The minimum absolute atomic E-state index is 0.143. The first kappa shape index (κ1) is 14.4. The van der Waals surface area contributed by atoms with Crippen LogP contribution >= 0.6 is 0 Å². The molecule has 2 rings (SSSR count). The standard InChI is InChI=1S/C15H11NO5/c1-21-15(20)10-6-4-9(5-7-10)13(17)12-11(14(18)19)3-2-8-16-12/h2-8H,1H3,(H,18,19). The Morgan fingerprint density at radius 3 is 2.24 bits per heavy atom. The molecule has 0 unspecified atom stereocenters. The molecule has 6 heteroatoms. The molecule has 1 N–H and O–H groups in total. The van der Waals surface area contributed by atoms with Crippen molar-refractivity contribution >= 4 is 17.7 Å². The van der Waals surface area contributed by atoms with Crippen LogP contribution in [0.25, 0.3) is 0 Å². The Hall–Kier alpha value is -3.02. The quantitative estimate of drug-likeness (QED) is 0.680. The number of carboxylic acid groups (broad SMARTS) is 1. The Balaban J connectivity index is 2.37. The molecule has 21 heavy (non-hydrogen) atoms. The molecule has 6 nitrogen and oxygen atoms in total. The van der Waals surface area contributed by atoms with Crippen molar-refractivity contribution in [3.63, 3.8) is 0 Å². The fraction of sp³-hybridized carbons (Fsp3) is 0.0667. The van der Waals surface area contributed by atoms with Gasteiger partial charge in [-0.25, -0.2) is 9.59 Å². The first-order valence-electron chi connectivity index (χ1n) is 5.96. The van der Waals surface area contributed by atoms with Crippen LogP contribution < -0.4 is 0 Å². The molecule has 1 heterocycles. The van der Waals surface area contributed by atoms with Crippen LogP contribution in [0.2, 0.25) is 0 Å². The molecule has 0 aliphatic rings. The molecule has 2 aromatic rings. The molecule has 0 bridgehead atoms. The number of hydrogen-bond donors (Lipinski definition) is 1. The zero-order valence-electron chi connectivity index (χ0n) is 11.1. The minimum atomic E-state index is -1.22. The summed E-state index contributed by atoms with van der Waals surface area (Å²) in [6.07, 6.45) is 1.35. The van der Waals surface area contributed by atoms with E-state index in [0.29, 0.717) is 5.56 Å². The van der Waals surface area contributed by atoms with Crippen molar-refractivity contribution in [2.24, 2.45) is 0 Å². The van der Waals surface area contributed by atoms with E-state index in [2.05, 4.69) is 9.72 Å². The van der Waals surface area contributed by atoms with Gasteiger partial charge in [-0.2, -0.15) is 0 Å². The van der Waals surface area contributed by atoms with E-state index in [4.69, 9.17) is 5.11 Å². The Morgan fingerprint density at radius 1 is 1.05 bits per heavy atom. The van der Waals surface area contributed by atoms with Gasteiger partial charge in [-0.05, 0) is 24.3 Å². The highest BCUT2D eigenvalue weighted by Crippen LogP contribution is 2.14. The SMILES string of the molecule is COC(=O)c1ccc(C(=O)c2ncccc2C(=O)O)cc1. The maximum absolute atomic E-state index is 12.3. The summed E-state index contributed by atoms with van der Waals surface area (Å²) in [5.41, 5.74) is 0.229. The fourth-order valence-electron chi connectivity index (χ4n) is 1.77. The van der Waals surface area contributed by atoms with Gasteiger partial charge in [0.1, 0.15) is 5.69 Å². The zero-order valence-corrected chi connectivity index (χ0v) is 11.1. The maximum Gasteiger partial charge on any atom is 0.338 e. The third-order valence-corrected chi connectivity index (χ3v) is 2.82. The average molecular weight is 285 g/mol. The number of methoxy groups -OCH3 is 1. The van der Waals surface area contributed by atoms with Gasteiger partial charge in [0.25, 0.3) is 0 Å². The number of aromatic nitrogens is 1. The number of hydrogen-bond acceptors (Lipinski definition) is 5. The summed E-state index contributed by atoms with van der Waals surface area (Å²) in [4.78, 5) is 38.5. The highest BCUT2D eigenvalue weighted by Gasteiger charge is 2.19. The summed E-state index contributed by atoms with van der Waals surface area (Å²) in [6, 6.07) is 8.47. The molecule has 0 amide bonds. The molecule has 0 spiro atoms. The van der Waals surface area contributed by atoms with Gasteiger partial charge in [-0.1, -0.05) is 12.1 Å². The Morgan fingerprint density at radius 2 is 1.67 bits per heavy atom. The molecular formula is C15H11NO5. The lowest BCUT2D eigenvalue weighted by molar-refractivity contribution is 0.0599. The average Bonchev–Trinajstić information content (AvgIpc) is 2.53. The lowest BCUT2D eigenvalue weighted by atomic mass is 10.0. The number of carbonyl (C=O) groups excluding carboxylic acids is 2. The molecule has 0 radical (unpaired) electrons. The highest BCUT2D eigenvalue weighted by atomic mass is 16.5. The molecule has 106 valence electrons. The maximum atomic E-state index is 12.3. The summed E-state index contributed by atoms with van der Waals surface area (Å²) in [5, 5.41) is 9.06. The van der Waals surface area contributed by atoms with E-state index in [1.54, 1.807) is 0 Å². The highest BCUT2D eigenvalue weighted by molar-refractivity contribution is 6.13. The number of carbonyl (C=O) groups is 3. The molecular weight excluding hydrogens is 274 g/mol. The van der Waals surface area contributed by atoms with Crippen LogP contribution in [-0.2, 0) is 4.74 Å². The number of ether oxygens (including phenoxy) is 1. The number of ketones is 1. The van der Waals surface area contributed by atoms with E-state index in [1.807, 2.05) is 0 Å². The molecule has 0 aliphatic heterocycles. The number of rotatable bonds is 4. The van der Waals surface area contributed by atoms with Crippen LogP contribution in [0.1, 0.15) is 36.8 Å². The van der Waals surface area contributed by atoms with E-state index in [-0.39, 0.29) is 16.8 Å². The van der Waals surface area contributed by atoms with E-state index in [1.165, 1.54) is 49.7 Å². The lowest BCUT2D eigenvalue weighted by Crippen LogP contribution is -2.12. The molecule has 1 aromatic heterocycles. The molecule has 0 aliphatic carbocycles. The van der Waals surface area contributed by atoms with E-state index >= 15 is 0 Å². The third-order valence-electron chi connectivity index (χ3n) is 2.82. The number of aromatic carboxylic acids is 1. The summed E-state index contributed by atoms with van der Waals surface area (Å²) < 4.78 is 4.56. The number of pyridine rings is 1. The third kappa shape index (κ3) is 2.94. The molecule has 0 atom stereocenters. The summed E-state index contributed by atoms with van der Waals surface area (Å²) in [6.45, 7) is 0.